The van der Waals surface area contributed by atoms with Gasteiger partial charge >= 0.3 is 0 Å². The number of anilines is 1. The van der Waals surface area contributed by atoms with Gasteiger partial charge in [0.05, 0.1) is 0 Å². The first-order valence-electron chi connectivity index (χ1n) is 7.26. The first kappa shape index (κ1) is 13.1. The minimum atomic E-state index is 0.532. The van der Waals surface area contributed by atoms with Crippen molar-refractivity contribution in [3.05, 3.63) is 17.5 Å². The molecule has 1 aromatic heterocycles. The Bertz CT molecular complexity index is 412. The SMILES string of the molecule is Clc1cc(N2CCC(CN3CCCC3)CC2)ncn1. The fraction of sp³-hybridized carbons (Fsp3) is 0.714. The maximum absolute atomic E-state index is 5.92. The quantitative estimate of drug-likeness (QED) is 0.796. The molecule has 2 aliphatic rings. The first-order valence-corrected chi connectivity index (χ1v) is 7.64. The maximum Gasteiger partial charge on any atom is 0.134 e. The van der Waals surface area contributed by atoms with Crippen LogP contribution in [-0.4, -0.2) is 47.6 Å². The standard InChI is InChI=1S/C14H21ClN4/c15-13-9-14(17-11-16-13)19-7-3-12(4-8-19)10-18-5-1-2-6-18/h9,11-12H,1-8,10H2. The minimum absolute atomic E-state index is 0.532. The van der Waals surface area contributed by atoms with Crippen LogP contribution >= 0.6 is 11.6 Å². The summed E-state index contributed by atoms with van der Waals surface area (Å²) in [5.74, 6) is 1.83. The molecule has 104 valence electrons. The van der Waals surface area contributed by atoms with Gasteiger partial charge in [0.25, 0.3) is 0 Å². The van der Waals surface area contributed by atoms with E-state index in [4.69, 9.17) is 11.6 Å². The second-order valence-corrected chi connectivity index (χ2v) is 6.02. The second-order valence-electron chi connectivity index (χ2n) is 5.64. The summed E-state index contributed by atoms with van der Waals surface area (Å²) in [5.41, 5.74) is 0. The van der Waals surface area contributed by atoms with Crippen LogP contribution in [0.25, 0.3) is 0 Å². The van der Waals surface area contributed by atoms with Crippen molar-refractivity contribution in [3.8, 4) is 0 Å². The van der Waals surface area contributed by atoms with E-state index < -0.39 is 0 Å². The topological polar surface area (TPSA) is 32.3 Å². The van der Waals surface area contributed by atoms with Gasteiger partial charge < -0.3 is 9.80 Å². The molecule has 0 amide bonds. The van der Waals surface area contributed by atoms with Crippen LogP contribution in [0, 0.1) is 5.92 Å². The van der Waals surface area contributed by atoms with E-state index in [0.717, 1.165) is 24.8 Å². The monoisotopic (exact) mass is 280 g/mol. The van der Waals surface area contributed by atoms with E-state index in [-0.39, 0.29) is 0 Å². The van der Waals surface area contributed by atoms with E-state index in [2.05, 4.69) is 19.8 Å². The zero-order valence-corrected chi connectivity index (χ0v) is 12.0. The summed E-state index contributed by atoms with van der Waals surface area (Å²) in [4.78, 5) is 13.2. The second kappa shape index (κ2) is 6.06. The Kier molecular flexibility index (Phi) is 4.18. The van der Waals surface area contributed by atoms with Gasteiger partial charge in [0.15, 0.2) is 0 Å². The van der Waals surface area contributed by atoms with Crippen LogP contribution in [0.5, 0.6) is 0 Å². The molecule has 5 heteroatoms. The van der Waals surface area contributed by atoms with Crippen LogP contribution in [0.4, 0.5) is 5.82 Å². The highest BCUT2D eigenvalue weighted by Crippen LogP contribution is 2.24. The van der Waals surface area contributed by atoms with Gasteiger partial charge in [-0.05, 0) is 44.7 Å². The Morgan fingerprint density at radius 2 is 1.84 bits per heavy atom. The van der Waals surface area contributed by atoms with Gasteiger partial charge in [-0.2, -0.15) is 0 Å². The molecular weight excluding hydrogens is 260 g/mol. The van der Waals surface area contributed by atoms with Crippen molar-refractivity contribution >= 4 is 17.4 Å². The number of nitrogens with zero attached hydrogens (tertiary/aromatic N) is 4. The third-order valence-corrected chi connectivity index (χ3v) is 4.48. The highest BCUT2D eigenvalue weighted by Gasteiger charge is 2.23. The molecule has 0 aliphatic carbocycles. The molecule has 0 N–H and O–H groups in total. The molecule has 0 spiro atoms. The Balaban J connectivity index is 1.51. The van der Waals surface area contributed by atoms with Crippen molar-refractivity contribution in [2.45, 2.75) is 25.7 Å². The lowest BCUT2D eigenvalue weighted by Gasteiger charge is -2.34. The average Bonchev–Trinajstić information content (AvgIpc) is 2.92. The molecule has 2 aliphatic heterocycles. The number of hydrogen-bond donors (Lipinski definition) is 0. The van der Waals surface area contributed by atoms with Crippen LogP contribution in [0.1, 0.15) is 25.7 Å². The Morgan fingerprint density at radius 1 is 1.11 bits per heavy atom. The van der Waals surface area contributed by atoms with Gasteiger partial charge in [0.2, 0.25) is 0 Å². The van der Waals surface area contributed by atoms with Crippen molar-refractivity contribution < 1.29 is 0 Å². The van der Waals surface area contributed by atoms with Gasteiger partial charge in [-0.25, -0.2) is 9.97 Å². The summed E-state index contributed by atoms with van der Waals surface area (Å²) in [5, 5.41) is 0.532. The molecule has 0 saturated carbocycles. The van der Waals surface area contributed by atoms with Crippen molar-refractivity contribution in [2.24, 2.45) is 5.92 Å². The summed E-state index contributed by atoms with van der Waals surface area (Å²) < 4.78 is 0. The largest absolute Gasteiger partial charge is 0.356 e. The van der Waals surface area contributed by atoms with E-state index in [9.17, 15) is 0 Å². The average molecular weight is 281 g/mol. The Labute approximate surface area is 119 Å². The highest BCUT2D eigenvalue weighted by atomic mass is 35.5. The van der Waals surface area contributed by atoms with Gasteiger partial charge in [0, 0.05) is 25.7 Å². The molecule has 0 unspecified atom stereocenters. The molecule has 0 aromatic carbocycles. The normalized spacial score (nSPS) is 22.1. The van der Waals surface area contributed by atoms with Crippen molar-refractivity contribution in [2.75, 3.05) is 37.6 Å². The van der Waals surface area contributed by atoms with Crippen LogP contribution < -0.4 is 4.90 Å². The molecule has 19 heavy (non-hydrogen) atoms. The number of aromatic nitrogens is 2. The Hall–Kier alpha value is -0.870. The zero-order chi connectivity index (χ0) is 13.1. The lowest BCUT2D eigenvalue weighted by atomic mass is 9.96. The van der Waals surface area contributed by atoms with E-state index in [1.807, 2.05) is 6.07 Å². The molecule has 2 saturated heterocycles. The van der Waals surface area contributed by atoms with Crippen LogP contribution in [0.2, 0.25) is 5.15 Å². The van der Waals surface area contributed by atoms with Crippen LogP contribution in [0.15, 0.2) is 12.4 Å². The van der Waals surface area contributed by atoms with Crippen LogP contribution in [-0.2, 0) is 0 Å². The summed E-state index contributed by atoms with van der Waals surface area (Å²) in [6.45, 7) is 6.08. The van der Waals surface area contributed by atoms with Crippen LogP contribution in [0.3, 0.4) is 0 Å². The molecule has 4 nitrogen and oxygen atoms in total. The van der Waals surface area contributed by atoms with Crippen molar-refractivity contribution in [1.29, 1.82) is 0 Å². The van der Waals surface area contributed by atoms with Gasteiger partial charge in [0.1, 0.15) is 17.3 Å². The number of likely N-dealkylation sites (tertiary alicyclic amines) is 1. The molecule has 0 atom stereocenters. The maximum atomic E-state index is 5.92. The summed E-state index contributed by atoms with van der Waals surface area (Å²) in [6, 6.07) is 1.86. The van der Waals surface area contributed by atoms with E-state index >= 15 is 0 Å². The lowest BCUT2D eigenvalue weighted by Crippen LogP contribution is -2.38. The van der Waals surface area contributed by atoms with Gasteiger partial charge in [-0.15, -0.1) is 0 Å². The molecule has 1 aromatic rings. The van der Waals surface area contributed by atoms with Gasteiger partial charge in [-0.3, -0.25) is 0 Å². The van der Waals surface area contributed by atoms with Crippen molar-refractivity contribution in [3.63, 3.8) is 0 Å². The van der Waals surface area contributed by atoms with Crippen molar-refractivity contribution in [1.82, 2.24) is 14.9 Å². The minimum Gasteiger partial charge on any atom is -0.356 e. The highest BCUT2D eigenvalue weighted by molar-refractivity contribution is 6.29. The lowest BCUT2D eigenvalue weighted by molar-refractivity contribution is 0.249. The van der Waals surface area contributed by atoms with Gasteiger partial charge in [-0.1, -0.05) is 11.6 Å². The molecule has 0 bridgehead atoms. The van der Waals surface area contributed by atoms with E-state index in [1.165, 1.54) is 45.3 Å². The molecule has 0 radical (unpaired) electrons. The van der Waals surface area contributed by atoms with E-state index in [0.29, 0.717) is 5.15 Å². The molecule has 3 rings (SSSR count). The molecule has 2 fully saturated rings. The predicted octanol–water partition coefficient (Wildman–Crippen LogP) is 2.44. The third kappa shape index (κ3) is 3.37. The van der Waals surface area contributed by atoms with E-state index in [1.54, 1.807) is 6.33 Å². The Morgan fingerprint density at radius 3 is 2.53 bits per heavy atom. The number of piperidine rings is 1. The zero-order valence-electron chi connectivity index (χ0n) is 11.3. The third-order valence-electron chi connectivity index (χ3n) is 4.27. The predicted molar refractivity (Wildman–Crippen MR) is 77.7 cm³/mol. The molecular formula is C14H21ClN4. The fourth-order valence-electron chi connectivity index (χ4n) is 3.17. The molecule has 3 heterocycles. The number of rotatable bonds is 3. The number of halogens is 1. The summed E-state index contributed by atoms with van der Waals surface area (Å²) in [6.07, 6.45) is 6.85. The smallest absolute Gasteiger partial charge is 0.134 e. The first-order chi connectivity index (χ1) is 9.31. The fourth-order valence-corrected chi connectivity index (χ4v) is 3.31. The summed E-state index contributed by atoms with van der Waals surface area (Å²) in [7, 11) is 0. The number of hydrogen-bond acceptors (Lipinski definition) is 4. The summed E-state index contributed by atoms with van der Waals surface area (Å²) >= 11 is 5.92.